The summed E-state index contributed by atoms with van der Waals surface area (Å²) < 4.78 is 76.0. The van der Waals surface area contributed by atoms with Gasteiger partial charge in [-0.1, -0.05) is 18.8 Å². The number of phosphoric acid groups is 1. The fourth-order valence-corrected chi connectivity index (χ4v) is 9.79. The molecule has 56 heavy (non-hydrogen) atoms. The molecule has 0 bridgehead atoms. The average Bonchev–Trinajstić information content (AvgIpc) is 3.77. The Hall–Kier alpha value is 0.900. The minimum atomic E-state index is -4.98. The van der Waals surface area contributed by atoms with E-state index in [1.165, 1.54) is 0 Å². The van der Waals surface area contributed by atoms with Gasteiger partial charge in [-0.2, -0.15) is 12.6 Å². The van der Waals surface area contributed by atoms with E-state index < -0.39 is 50.9 Å². The van der Waals surface area contributed by atoms with Crippen molar-refractivity contribution in [3.63, 3.8) is 0 Å². The fourth-order valence-electron chi connectivity index (χ4n) is 5.79. The fraction of sp³-hybridized carbons (Fsp3) is 1.00. The number of ether oxygens (including phenoxy) is 8. The minimum Gasteiger partial charge on any atom is -0.790 e. The lowest BCUT2D eigenvalue weighted by atomic mass is 9.96. The van der Waals surface area contributed by atoms with Crippen LogP contribution in [-0.4, -0.2) is 153 Å². The largest absolute Gasteiger partial charge is 0.790 e. The predicted molar refractivity (Wildman–Crippen MR) is 216 cm³/mol. The van der Waals surface area contributed by atoms with Gasteiger partial charge in [-0.05, 0) is 81.1 Å². The van der Waals surface area contributed by atoms with Crippen molar-refractivity contribution in [1.29, 1.82) is 0 Å². The summed E-state index contributed by atoms with van der Waals surface area (Å²) in [6.45, 7) is 11.5. The van der Waals surface area contributed by atoms with Crippen molar-refractivity contribution in [3.8, 4) is 0 Å². The van der Waals surface area contributed by atoms with E-state index in [4.69, 9.17) is 73.8 Å². The Balaban J connectivity index is 0.000000459. The highest BCUT2D eigenvalue weighted by Crippen LogP contribution is 2.57. The molecule has 13 atom stereocenters. The Labute approximate surface area is 350 Å². The van der Waals surface area contributed by atoms with Gasteiger partial charge in [-0.25, -0.2) is 0 Å². The monoisotopic (exact) mass is 867 g/mol. The molecule has 0 aromatic heterocycles. The van der Waals surface area contributed by atoms with Crippen LogP contribution >= 0.6 is 38.6 Å². The molecule has 0 aliphatic carbocycles. The molecular weight excluding hydrogens is 806 g/mol. The normalized spacial score (nSPS) is 34.3. The van der Waals surface area contributed by atoms with Gasteiger partial charge in [0.1, 0.15) is 43.6 Å². The zero-order valence-corrected chi connectivity index (χ0v) is 36.6. The Morgan fingerprint density at radius 1 is 0.607 bits per heavy atom. The minimum absolute atomic E-state index is 0. The molecule has 0 amide bonds. The molecule has 0 aromatic carbocycles. The number of thiol groups is 1. The molecule has 4 saturated heterocycles. The molecule has 8 radical (unpaired) electrons. The van der Waals surface area contributed by atoms with Crippen molar-refractivity contribution in [2.75, 3.05) is 26.4 Å². The molecule has 15 nitrogen and oxygen atoms in total. The summed E-state index contributed by atoms with van der Waals surface area (Å²) in [5.41, 5.74) is 0. The molecule has 0 N–H and O–H groups in total. The maximum atomic E-state index is 12.4. The maximum absolute atomic E-state index is 12.4. The van der Waals surface area contributed by atoms with Gasteiger partial charge in [0.15, 0.2) is 6.80 Å². The van der Waals surface area contributed by atoms with Crippen molar-refractivity contribution in [3.05, 3.63) is 0 Å². The summed E-state index contributed by atoms with van der Waals surface area (Å²) in [7, 11) is 17.8. The summed E-state index contributed by atoms with van der Waals surface area (Å²) in [6.07, 6.45) is 0.285. The highest BCUT2D eigenvalue weighted by Gasteiger charge is 2.39. The summed E-state index contributed by atoms with van der Waals surface area (Å²) in [5, 5.41) is -0.129. The van der Waals surface area contributed by atoms with Crippen LogP contribution in [0.5, 0.6) is 0 Å². The van der Waals surface area contributed by atoms with Gasteiger partial charge in [-0.3, -0.25) is 4.57 Å². The SMILES string of the molecule is C.[B][C@H]1CC(OC(C)C)[C@@H](COP(=O)([O-])SC2C[C@H]([B])O[C@@H]2COC(C)C)O1.[B][C@H]1CC(OC(C)C)[C@@H](COP(=O)([O-])[O-])O1.[B][C@H]1CC(S)[C@@H](COC(C)C)O1. The Morgan fingerprint density at radius 2 is 1.00 bits per heavy atom. The quantitative estimate of drug-likeness (QED) is 0.119. The van der Waals surface area contributed by atoms with Crippen molar-refractivity contribution < 1.29 is 70.8 Å². The molecule has 4 fully saturated rings. The van der Waals surface area contributed by atoms with Crippen molar-refractivity contribution in [2.24, 2.45) is 0 Å². The van der Waals surface area contributed by atoms with Crippen LogP contribution in [0, 0.1) is 0 Å². The van der Waals surface area contributed by atoms with E-state index in [0.717, 1.165) is 17.8 Å². The second-order valence-electron chi connectivity index (χ2n) is 14.7. The molecular formula is C33H61B4O15P2S2-3. The molecule has 0 aromatic rings. The van der Waals surface area contributed by atoms with Crippen molar-refractivity contribution in [2.45, 2.75) is 184 Å². The number of hydrogen-bond acceptors (Lipinski definition) is 17. The Kier molecular flexibility index (Phi) is 25.9. The first-order valence-electron chi connectivity index (χ1n) is 18.6. The summed E-state index contributed by atoms with van der Waals surface area (Å²) >= 11 is 5.10. The lowest BCUT2D eigenvalue weighted by Crippen LogP contribution is -2.32. The van der Waals surface area contributed by atoms with Crippen LogP contribution in [0.1, 0.15) is 88.5 Å². The summed E-state index contributed by atoms with van der Waals surface area (Å²) in [5.74, 6) is 0. The van der Waals surface area contributed by atoms with Crippen LogP contribution in [0.25, 0.3) is 0 Å². The standard InChI is InChI=1S/C16H29B2O7PS.C8H16BO6P.C8H15BO2S.CH4/c1-9(2)21-7-13-14(6-16(18)25-13)27-26(19,20)22-8-12-11(23-10(3)4)5-15(17)24-12;1-5(2)14-6-3-8(9)15-7(6)4-13-16(10,11)12;1-5(2)10-4-6-7(12)3-8(9)11-6;/h9-16H,5-8H2,1-4H3,(H,19,20);5-8H,3-4H2,1-2H3,(H2,10,11,12);5-8,12H,3-4H2,1-2H3;1H4/p-3/t11?,12-,13-,14?,15-,16-;6?,7-,8-;6-,7?,8-;/m111./s1. The van der Waals surface area contributed by atoms with Crippen LogP contribution in [0.3, 0.4) is 0 Å². The first-order valence-corrected chi connectivity index (χ1v) is 23.6. The van der Waals surface area contributed by atoms with Gasteiger partial charge in [0.25, 0.3) is 0 Å². The molecule has 4 heterocycles. The number of hydrogen-bond donors (Lipinski definition) is 1. The number of rotatable bonds is 18. The molecule has 0 saturated carbocycles. The highest BCUT2D eigenvalue weighted by atomic mass is 32.7. The number of phosphoric ester groups is 1. The van der Waals surface area contributed by atoms with E-state index in [1.807, 2.05) is 55.4 Å². The smallest absolute Gasteiger partial charge is 0.192 e. The molecule has 4 aliphatic rings. The zero-order chi connectivity index (χ0) is 41.7. The van der Waals surface area contributed by atoms with Gasteiger partial charge in [0, 0.05) is 34.5 Å². The predicted octanol–water partition coefficient (Wildman–Crippen LogP) is 1.90. The van der Waals surface area contributed by atoms with Crippen LogP contribution in [-0.2, 0) is 56.1 Å². The highest BCUT2D eigenvalue weighted by molar-refractivity contribution is 8.54. The molecule has 0 spiro atoms. The van der Waals surface area contributed by atoms with E-state index in [2.05, 4.69) is 17.2 Å². The average molecular weight is 867 g/mol. The first kappa shape index (κ1) is 54.9. The third-order valence-corrected chi connectivity index (χ3v) is 12.5. The molecule has 320 valence electrons. The van der Waals surface area contributed by atoms with Gasteiger partial charge in [-0.15, -0.1) is 0 Å². The third-order valence-electron chi connectivity index (χ3n) is 8.08. The lowest BCUT2D eigenvalue weighted by Gasteiger charge is -2.31. The van der Waals surface area contributed by atoms with E-state index >= 15 is 0 Å². The Bertz CT molecular complexity index is 1180. The van der Waals surface area contributed by atoms with E-state index in [0.29, 0.717) is 25.9 Å². The first-order chi connectivity index (χ1) is 25.4. The van der Waals surface area contributed by atoms with Gasteiger partial charge >= 0.3 is 0 Å². The van der Waals surface area contributed by atoms with Crippen LogP contribution in [0.4, 0.5) is 0 Å². The zero-order valence-electron chi connectivity index (χ0n) is 33.1. The van der Waals surface area contributed by atoms with E-state index in [9.17, 15) is 23.8 Å². The van der Waals surface area contributed by atoms with Gasteiger partial charge < -0.3 is 66.2 Å². The molecule has 5 unspecified atom stereocenters. The Morgan fingerprint density at radius 3 is 1.41 bits per heavy atom. The molecule has 23 heteroatoms. The van der Waals surface area contributed by atoms with E-state index in [-0.39, 0.29) is 86.5 Å². The van der Waals surface area contributed by atoms with Crippen molar-refractivity contribution in [1.82, 2.24) is 0 Å². The second-order valence-corrected chi connectivity index (χ2v) is 20.5. The van der Waals surface area contributed by atoms with E-state index in [1.54, 1.807) is 0 Å². The molecule has 4 aliphatic heterocycles. The van der Waals surface area contributed by atoms with Crippen molar-refractivity contribution >= 4 is 70.0 Å². The van der Waals surface area contributed by atoms with Crippen LogP contribution < -0.4 is 14.7 Å². The summed E-state index contributed by atoms with van der Waals surface area (Å²) in [4.78, 5) is 33.1. The molecule has 4 rings (SSSR count). The van der Waals surface area contributed by atoms with Gasteiger partial charge in [0.2, 0.25) is 0 Å². The third kappa shape index (κ3) is 22.7. The second kappa shape index (κ2) is 26.4. The van der Waals surface area contributed by atoms with Crippen LogP contribution in [0.2, 0.25) is 0 Å². The maximum Gasteiger partial charge on any atom is 0.192 e. The van der Waals surface area contributed by atoms with Crippen LogP contribution in [0.15, 0.2) is 0 Å². The summed E-state index contributed by atoms with van der Waals surface area (Å²) in [6, 6.07) is -1.67. The lowest BCUT2D eigenvalue weighted by molar-refractivity contribution is -0.343. The topological polar surface area (TPSA) is 196 Å². The van der Waals surface area contributed by atoms with Gasteiger partial charge in [0.05, 0.1) is 83.1 Å².